The minimum absolute atomic E-state index is 0.0846. The maximum Gasteiger partial charge on any atom is 0.315 e. The summed E-state index contributed by atoms with van der Waals surface area (Å²) in [6.45, 7) is 16.7. The van der Waals surface area contributed by atoms with Crippen LogP contribution < -0.4 is 21.3 Å². The number of ketones is 1. The molecule has 1 saturated heterocycles. The number of nitrogens with one attached hydrogen (secondary N) is 4. The van der Waals surface area contributed by atoms with Crippen LogP contribution in [0, 0.1) is 28.6 Å². The van der Waals surface area contributed by atoms with Crippen molar-refractivity contribution in [1.82, 2.24) is 26.2 Å². The third-order valence-electron chi connectivity index (χ3n) is 10.6. The molecule has 3 aliphatic rings. The number of carbonyl (C=O) groups is 5. The Kier molecular flexibility index (Phi) is 12.6. The second-order valence-corrected chi connectivity index (χ2v) is 14.5. The van der Waals surface area contributed by atoms with Crippen LogP contribution in [0.2, 0.25) is 0 Å². The maximum atomic E-state index is 14.6. The third kappa shape index (κ3) is 8.45. The fourth-order valence-electron chi connectivity index (χ4n) is 7.43. The quantitative estimate of drug-likeness (QED) is 0.152. The zero-order valence-corrected chi connectivity index (χ0v) is 28.5. The van der Waals surface area contributed by atoms with Gasteiger partial charge in [0.15, 0.2) is 0 Å². The summed E-state index contributed by atoms with van der Waals surface area (Å²) in [4.78, 5) is 69.3. The Hall–Kier alpha value is -2.95. The lowest BCUT2D eigenvalue weighted by Gasteiger charge is -2.43. The standard InChI is InChI=1S/C34H57N5O6/c1-9-11-15-23(27(40)30(42)35-18-10-2)36-29(41)26-25-22(33(25,5)6)19-39(26)31(43)28(34(7)16-13-12-14-17-34)38-32(44)37-24(20-45-8)21(3)4/h10,21-26,28H,2,9,11-20H2,1,3-8H3,(H,35,42)(H,36,41)(H2,37,38,44)/t22-,23?,24+,25-,26-,28+/m0/s1. The number of hydrogen-bond acceptors (Lipinski definition) is 6. The van der Waals surface area contributed by atoms with Crippen LogP contribution in [0.1, 0.15) is 92.9 Å². The molecule has 1 heterocycles. The molecule has 5 amide bonds. The number of unbranched alkanes of at least 4 members (excludes halogenated alkanes) is 1. The fraction of sp³-hybridized carbons (Fsp3) is 0.794. The molecule has 0 radical (unpaired) electrons. The van der Waals surface area contributed by atoms with Crippen LogP contribution in [0.3, 0.4) is 0 Å². The lowest BCUT2D eigenvalue weighted by molar-refractivity contribution is -0.146. The van der Waals surface area contributed by atoms with Gasteiger partial charge in [0.2, 0.25) is 17.6 Å². The fourth-order valence-corrected chi connectivity index (χ4v) is 7.43. The van der Waals surface area contributed by atoms with Crippen molar-refractivity contribution < 1.29 is 28.7 Å². The minimum Gasteiger partial charge on any atom is -0.383 e. The first kappa shape index (κ1) is 36.5. The number of urea groups is 1. The Balaban J connectivity index is 1.88. The van der Waals surface area contributed by atoms with E-state index in [-0.39, 0.29) is 41.7 Å². The summed E-state index contributed by atoms with van der Waals surface area (Å²) in [5.74, 6) is -2.01. The van der Waals surface area contributed by atoms with Crippen molar-refractivity contribution in [3.05, 3.63) is 12.7 Å². The number of rotatable bonds is 16. The van der Waals surface area contributed by atoms with Crippen molar-refractivity contribution in [3.63, 3.8) is 0 Å². The van der Waals surface area contributed by atoms with Crippen LogP contribution in [-0.4, -0.2) is 85.4 Å². The summed E-state index contributed by atoms with van der Waals surface area (Å²) in [5, 5.41) is 11.4. The molecule has 3 fully saturated rings. The average molecular weight is 632 g/mol. The molecule has 0 aromatic carbocycles. The van der Waals surface area contributed by atoms with E-state index < -0.39 is 47.2 Å². The molecule has 2 saturated carbocycles. The van der Waals surface area contributed by atoms with Gasteiger partial charge in [-0.15, -0.1) is 6.58 Å². The number of piperidine rings is 1. The van der Waals surface area contributed by atoms with Crippen LogP contribution in [0.25, 0.3) is 0 Å². The summed E-state index contributed by atoms with van der Waals surface area (Å²) in [6, 6.07) is -3.29. The molecule has 3 rings (SSSR count). The first-order valence-electron chi connectivity index (χ1n) is 16.8. The largest absolute Gasteiger partial charge is 0.383 e. The lowest BCUT2D eigenvalue weighted by Crippen LogP contribution is -2.63. The molecule has 1 unspecified atom stereocenters. The Labute approximate surface area is 269 Å². The van der Waals surface area contributed by atoms with Gasteiger partial charge in [0.1, 0.15) is 12.1 Å². The molecule has 6 atom stereocenters. The van der Waals surface area contributed by atoms with E-state index in [1.165, 1.54) is 6.08 Å². The summed E-state index contributed by atoms with van der Waals surface area (Å²) in [5.41, 5.74) is -0.629. The monoisotopic (exact) mass is 631 g/mol. The molecule has 11 nitrogen and oxygen atoms in total. The van der Waals surface area contributed by atoms with Crippen LogP contribution in [0.5, 0.6) is 0 Å². The predicted octanol–water partition coefficient (Wildman–Crippen LogP) is 3.32. The van der Waals surface area contributed by atoms with Crippen LogP contribution >= 0.6 is 0 Å². The highest BCUT2D eigenvalue weighted by molar-refractivity contribution is 6.38. The summed E-state index contributed by atoms with van der Waals surface area (Å²) in [7, 11) is 1.59. The number of fused-ring (bicyclic) bond motifs is 1. The molecule has 0 aromatic rings. The maximum absolute atomic E-state index is 14.6. The summed E-state index contributed by atoms with van der Waals surface area (Å²) < 4.78 is 5.30. The Bertz CT molecular complexity index is 1100. The number of ether oxygens (including phenoxy) is 1. The van der Waals surface area contributed by atoms with Crippen molar-refractivity contribution in [2.45, 2.75) is 117 Å². The molecule has 4 N–H and O–H groups in total. The Morgan fingerprint density at radius 1 is 1.02 bits per heavy atom. The number of hydrogen-bond donors (Lipinski definition) is 4. The van der Waals surface area contributed by atoms with E-state index in [0.29, 0.717) is 26.0 Å². The molecule has 254 valence electrons. The van der Waals surface area contributed by atoms with Crippen molar-refractivity contribution in [2.75, 3.05) is 26.8 Å². The van der Waals surface area contributed by atoms with Gasteiger partial charge in [-0.3, -0.25) is 19.2 Å². The molecule has 45 heavy (non-hydrogen) atoms. The molecule has 1 aliphatic heterocycles. The second kappa shape index (κ2) is 15.6. The van der Waals surface area contributed by atoms with Gasteiger partial charge in [-0.25, -0.2) is 4.79 Å². The first-order valence-corrected chi connectivity index (χ1v) is 16.8. The van der Waals surface area contributed by atoms with Gasteiger partial charge in [0.25, 0.3) is 5.91 Å². The van der Waals surface area contributed by atoms with Gasteiger partial charge in [-0.1, -0.05) is 79.7 Å². The number of amides is 5. The number of carbonyl (C=O) groups excluding carboxylic acids is 5. The Morgan fingerprint density at radius 3 is 2.27 bits per heavy atom. The van der Waals surface area contributed by atoms with E-state index in [2.05, 4.69) is 48.6 Å². The molecular weight excluding hydrogens is 574 g/mol. The number of nitrogens with zero attached hydrogens (tertiary/aromatic N) is 1. The zero-order chi connectivity index (χ0) is 33.5. The molecule has 0 bridgehead atoms. The highest BCUT2D eigenvalue weighted by Gasteiger charge is 2.70. The molecular formula is C34H57N5O6. The summed E-state index contributed by atoms with van der Waals surface area (Å²) in [6.07, 6.45) is 7.80. The Morgan fingerprint density at radius 2 is 1.69 bits per heavy atom. The average Bonchev–Trinajstić information content (AvgIpc) is 3.30. The lowest BCUT2D eigenvalue weighted by atomic mass is 9.70. The predicted molar refractivity (Wildman–Crippen MR) is 173 cm³/mol. The molecule has 0 spiro atoms. The van der Waals surface area contributed by atoms with Crippen LogP contribution in [0.4, 0.5) is 4.79 Å². The third-order valence-corrected chi connectivity index (χ3v) is 10.6. The molecule has 11 heteroatoms. The number of Topliss-reactive ketones (excluding diaryl/α,β-unsaturated/α-hetero) is 1. The van der Waals surface area contributed by atoms with Gasteiger partial charge < -0.3 is 30.9 Å². The van der Waals surface area contributed by atoms with E-state index in [1.807, 2.05) is 20.8 Å². The second-order valence-electron chi connectivity index (χ2n) is 14.5. The zero-order valence-electron chi connectivity index (χ0n) is 28.5. The van der Waals surface area contributed by atoms with Crippen LogP contribution in [-0.2, 0) is 23.9 Å². The highest BCUT2D eigenvalue weighted by Crippen LogP contribution is 2.65. The summed E-state index contributed by atoms with van der Waals surface area (Å²) >= 11 is 0. The minimum atomic E-state index is -0.996. The SMILES string of the molecule is C=CCNC(=O)C(=O)C(CCCC)NC(=O)[C@@H]1[C@@H]2[C@H](CN1C(=O)[C@@H](NC(=O)N[C@H](COC)C(C)C)C1(C)CCCCC1)C2(C)C. The number of methoxy groups -OCH3 is 1. The smallest absolute Gasteiger partial charge is 0.315 e. The van der Waals surface area contributed by atoms with Gasteiger partial charge in [0, 0.05) is 20.2 Å². The molecule has 0 aromatic heterocycles. The van der Waals surface area contributed by atoms with Gasteiger partial charge in [0.05, 0.1) is 18.7 Å². The van der Waals surface area contributed by atoms with Gasteiger partial charge >= 0.3 is 6.03 Å². The highest BCUT2D eigenvalue weighted by atomic mass is 16.5. The van der Waals surface area contributed by atoms with E-state index in [0.717, 1.165) is 38.5 Å². The topological polar surface area (TPSA) is 146 Å². The van der Waals surface area contributed by atoms with Gasteiger partial charge in [-0.2, -0.15) is 0 Å². The number of likely N-dealkylation sites (tertiary alicyclic amines) is 1. The normalized spacial score (nSPS) is 24.9. The van der Waals surface area contributed by atoms with Crippen molar-refractivity contribution in [3.8, 4) is 0 Å². The van der Waals surface area contributed by atoms with Crippen molar-refractivity contribution in [1.29, 1.82) is 0 Å². The first-order chi connectivity index (χ1) is 21.2. The van der Waals surface area contributed by atoms with E-state index >= 15 is 0 Å². The van der Waals surface area contributed by atoms with E-state index in [9.17, 15) is 24.0 Å². The van der Waals surface area contributed by atoms with Crippen LogP contribution in [0.15, 0.2) is 12.7 Å². The van der Waals surface area contributed by atoms with Crippen molar-refractivity contribution in [2.24, 2.45) is 28.6 Å². The van der Waals surface area contributed by atoms with E-state index in [4.69, 9.17) is 4.74 Å². The molecule has 2 aliphatic carbocycles. The van der Waals surface area contributed by atoms with Crippen molar-refractivity contribution >= 4 is 29.5 Å². The van der Waals surface area contributed by atoms with E-state index in [1.54, 1.807) is 12.0 Å². The van der Waals surface area contributed by atoms with Gasteiger partial charge in [-0.05, 0) is 47.8 Å².